The molecule has 6 heteroatoms. The molecule has 0 radical (unpaired) electrons. The molecule has 0 saturated heterocycles. The molecule has 0 unspecified atom stereocenters. The highest BCUT2D eigenvalue weighted by atomic mass is 32.1. The van der Waals surface area contributed by atoms with Gasteiger partial charge >= 0.3 is 6.18 Å². The van der Waals surface area contributed by atoms with Crippen LogP contribution in [0.15, 0.2) is 6.20 Å². The van der Waals surface area contributed by atoms with Crippen molar-refractivity contribution in [3.8, 4) is 0 Å². The molecule has 0 bridgehead atoms. The predicted octanol–water partition coefficient (Wildman–Crippen LogP) is 4.08. The Bertz CT molecular complexity index is 397. The largest absolute Gasteiger partial charge is 0.443 e. The lowest BCUT2D eigenvalue weighted by atomic mass is 9.88. The van der Waals surface area contributed by atoms with Crippen LogP contribution in [0.1, 0.15) is 44.0 Å². The van der Waals surface area contributed by atoms with E-state index in [-0.39, 0.29) is 5.41 Å². The van der Waals surface area contributed by atoms with Crippen molar-refractivity contribution in [2.75, 3.05) is 13.1 Å². The molecule has 0 fully saturated rings. The first-order valence-corrected chi connectivity index (χ1v) is 7.19. The van der Waals surface area contributed by atoms with Crippen molar-refractivity contribution in [2.24, 2.45) is 5.92 Å². The minimum absolute atomic E-state index is 0.287. The highest BCUT2D eigenvalue weighted by molar-refractivity contribution is 7.11. The Morgan fingerprint density at radius 2 is 1.95 bits per heavy atom. The van der Waals surface area contributed by atoms with Crippen molar-refractivity contribution in [3.05, 3.63) is 16.1 Å². The summed E-state index contributed by atoms with van der Waals surface area (Å²) in [5.41, 5.74) is -0.287. The number of rotatable bonds is 6. The lowest BCUT2D eigenvalue weighted by Gasteiger charge is -2.23. The van der Waals surface area contributed by atoms with Crippen LogP contribution in [0.3, 0.4) is 0 Å². The number of nitrogens with zero attached hydrogens (tertiary/aromatic N) is 1. The third-order valence-electron chi connectivity index (χ3n) is 2.89. The summed E-state index contributed by atoms with van der Waals surface area (Å²) in [6, 6.07) is 0. The number of aromatic nitrogens is 1. The lowest BCUT2D eigenvalue weighted by Crippen LogP contribution is -2.27. The van der Waals surface area contributed by atoms with E-state index in [2.05, 4.69) is 24.1 Å². The lowest BCUT2D eigenvalue weighted by molar-refractivity contribution is -0.137. The summed E-state index contributed by atoms with van der Waals surface area (Å²) in [7, 11) is 0. The number of thiazole rings is 1. The minimum Gasteiger partial charge on any atom is -0.316 e. The molecular weight excluding hydrogens is 273 g/mol. The molecule has 0 aliphatic carbocycles. The highest BCUT2D eigenvalue weighted by Crippen LogP contribution is 2.37. The quantitative estimate of drug-likeness (QED) is 0.800. The first-order valence-electron chi connectivity index (χ1n) is 6.37. The van der Waals surface area contributed by atoms with Crippen LogP contribution in [0.2, 0.25) is 0 Å². The van der Waals surface area contributed by atoms with Gasteiger partial charge in [-0.15, -0.1) is 11.3 Å². The Morgan fingerprint density at radius 3 is 2.42 bits per heavy atom. The number of nitrogens with one attached hydrogen (secondary N) is 1. The van der Waals surface area contributed by atoms with E-state index in [1.54, 1.807) is 0 Å². The summed E-state index contributed by atoms with van der Waals surface area (Å²) in [5, 5.41) is 2.55. The van der Waals surface area contributed by atoms with Crippen LogP contribution in [-0.2, 0) is 11.6 Å². The van der Waals surface area contributed by atoms with Gasteiger partial charge in [-0.25, -0.2) is 4.98 Å². The van der Waals surface area contributed by atoms with Crippen molar-refractivity contribution in [1.29, 1.82) is 0 Å². The summed E-state index contributed by atoms with van der Waals surface area (Å²) in [6.45, 7) is 9.88. The van der Waals surface area contributed by atoms with E-state index in [0.29, 0.717) is 10.8 Å². The zero-order valence-electron chi connectivity index (χ0n) is 11.8. The molecule has 0 aliphatic rings. The van der Waals surface area contributed by atoms with Gasteiger partial charge in [0.1, 0.15) is 0 Å². The first kappa shape index (κ1) is 16.4. The van der Waals surface area contributed by atoms with Crippen LogP contribution in [0.5, 0.6) is 0 Å². The third kappa shape index (κ3) is 5.10. The predicted molar refractivity (Wildman–Crippen MR) is 72.5 cm³/mol. The van der Waals surface area contributed by atoms with Gasteiger partial charge < -0.3 is 5.32 Å². The van der Waals surface area contributed by atoms with Gasteiger partial charge in [0.25, 0.3) is 0 Å². The molecule has 1 N–H and O–H groups in total. The third-order valence-corrected chi connectivity index (χ3v) is 4.30. The van der Waals surface area contributed by atoms with Crippen molar-refractivity contribution in [2.45, 2.75) is 45.7 Å². The van der Waals surface area contributed by atoms with Crippen molar-refractivity contribution < 1.29 is 13.2 Å². The van der Waals surface area contributed by atoms with Crippen LogP contribution in [0.4, 0.5) is 13.2 Å². The Hall–Kier alpha value is -0.620. The van der Waals surface area contributed by atoms with Crippen LogP contribution < -0.4 is 5.32 Å². The second-order valence-electron chi connectivity index (χ2n) is 5.76. The highest BCUT2D eigenvalue weighted by Gasteiger charge is 2.36. The first-order chi connectivity index (χ1) is 8.63. The molecule has 1 aromatic rings. The van der Waals surface area contributed by atoms with E-state index in [1.165, 1.54) is 6.20 Å². The van der Waals surface area contributed by atoms with Crippen molar-refractivity contribution >= 4 is 11.3 Å². The summed E-state index contributed by atoms with van der Waals surface area (Å²) < 4.78 is 37.6. The normalized spacial score (nSPS) is 13.3. The zero-order chi connectivity index (χ0) is 14.7. The Morgan fingerprint density at radius 1 is 1.32 bits per heavy atom. The number of halogens is 3. The average molecular weight is 294 g/mol. The van der Waals surface area contributed by atoms with Crippen LogP contribution >= 0.6 is 11.3 Å². The van der Waals surface area contributed by atoms with Crippen molar-refractivity contribution in [3.63, 3.8) is 0 Å². The maximum atomic E-state index is 12.5. The smallest absolute Gasteiger partial charge is 0.316 e. The van der Waals surface area contributed by atoms with Gasteiger partial charge in [-0.1, -0.05) is 27.7 Å². The minimum atomic E-state index is -4.34. The molecular formula is C13H21F3N2S. The SMILES string of the molecule is CC(C)CNCCC(C)(C)c1cnc(C(F)(F)F)s1. The Balaban J connectivity index is 2.59. The van der Waals surface area contributed by atoms with Gasteiger partial charge in [0, 0.05) is 16.5 Å². The number of hydrogen-bond acceptors (Lipinski definition) is 3. The molecule has 19 heavy (non-hydrogen) atoms. The monoisotopic (exact) mass is 294 g/mol. The van der Waals surface area contributed by atoms with Gasteiger partial charge in [0.05, 0.1) is 0 Å². The standard InChI is InChI=1S/C13H21F3N2S/c1-9(2)7-17-6-5-12(3,4)10-8-18-11(19-10)13(14,15)16/h8-9,17H,5-7H2,1-4H3. The van der Waals surface area contributed by atoms with Crippen molar-refractivity contribution in [1.82, 2.24) is 10.3 Å². The van der Waals surface area contributed by atoms with Gasteiger partial charge in [0.15, 0.2) is 5.01 Å². The fourth-order valence-electron chi connectivity index (χ4n) is 1.63. The van der Waals surface area contributed by atoms with E-state index in [0.717, 1.165) is 30.8 Å². The van der Waals surface area contributed by atoms with E-state index >= 15 is 0 Å². The summed E-state index contributed by atoms with van der Waals surface area (Å²) >= 11 is 0.747. The molecule has 0 aromatic carbocycles. The molecule has 0 spiro atoms. The molecule has 1 rings (SSSR count). The van der Waals surface area contributed by atoms with Crippen LogP contribution in [0, 0.1) is 5.92 Å². The van der Waals surface area contributed by atoms with Gasteiger partial charge in [-0.2, -0.15) is 13.2 Å². The summed E-state index contributed by atoms with van der Waals surface area (Å²) in [6.07, 6.45) is -2.19. The van der Waals surface area contributed by atoms with Gasteiger partial charge in [-0.05, 0) is 25.4 Å². The maximum Gasteiger partial charge on any atom is 0.443 e. The van der Waals surface area contributed by atoms with Crippen LogP contribution in [0.25, 0.3) is 0 Å². The maximum absolute atomic E-state index is 12.5. The van der Waals surface area contributed by atoms with E-state index in [1.807, 2.05) is 13.8 Å². The molecule has 110 valence electrons. The molecule has 0 atom stereocenters. The van der Waals surface area contributed by atoms with Crippen LogP contribution in [-0.4, -0.2) is 18.1 Å². The fourth-order valence-corrected chi connectivity index (χ4v) is 2.55. The number of alkyl halides is 3. The van der Waals surface area contributed by atoms with E-state index < -0.39 is 11.2 Å². The van der Waals surface area contributed by atoms with Gasteiger partial charge in [0.2, 0.25) is 0 Å². The fraction of sp³-hybridized carbons (Fsp3) is 0.769. The summed E-state index contributed by atoms with van der Waals surface area (Å²) in [4.78, 5) is 4.17. The average Bonchev–Trinajstić information content (AvgIpc) is 2.73. The molecule has 2 nitrogen and oxygen atoms in total. The molecule has 0 saturated carbocycles. The Labute approximate surface area is 116 Å². The topological polar surface area (TPSA) is 24.9 Å². The number of hydrogen-bond donors (Lipinski definition) is 1. The molecule has 1 heterocycles. The molecule has 1 aromatic heterocycles. The molecule has 0 amide bonds. The summed E-state index contributed by atoms with van der Waals surface area (Å²) in [5.74, 6) is 0.573. The zero-order valence-corrected chi connectivity index (χ0v) is 12.6. The van der Waals surface area contributed by atoms with E-state index in [9.17, 15) is 13.2 Å². The Kier molecular flexibility index (Phi) is 5.38. The second-order valence-corrected chi connectivity index (χ2v) is 6.79. The molecule has 0 aliphatic heterocycles. The van der Waals surface area contributed by atoms with E-state index in [4.69, 9.17) is 0 Å². The van der Waals surface area contributed by atoms with Gasteiger partial charge in [-0.3, -0.25) is 0 Å². The second kappa shape index (κ2) is 6.22.